The second-order valence-corrected chi connectivity index (χ2v) is 12.8. The van der Waals surface area contributed by atoms with Crippen LogP contribution in [0, 0.1) is 17.3 Å². The molecule has 2 N–H and O–H groups in total. The first kappa shape index (κ1) is 30.4. The highest BCUT2D eigenvalue weighted by Gasteiger charge is 2.26. The molecule has 42 heavy (non-hydrogen) atoms. The highest BCUT2D eigenvalue weighted by Crippen LogP contribution is 2.41. The SMILES string of the molecule is CC(C)(C#Cc1ccc(NC(=O)CSc2nnnn2-c2ccc(C3CC3)cc2Cl)c(Cl)c1)C(=O)NCCN1CCCC1. The van der Waals surface area contributed by atoms with Crippen LogP contribution in [0.2, 0.25) is 10.0 Å². The van der Waals surface area contributed by atoms with Gasteiger partial charge in [0.05, 0.1) is 27.2 Å². The summed E-state index contributed by atoms with van der Waals surface area (Å²) in [6, 6.07) is 11.0. The van der Waals surface area contributed by atoms with E-state index in [-0.39, 0.29) is 17.6 Å². The summed E-state index contributed by atoms with van der Waals surface area (Å²) in [5, 5.41) is 19.1. The van der Waals surface area contributed by atoms with Crippen molar-refractivity contribution in [2.45, 2.75) is 50.6 Å². The lowest BCUT2D eigenvalue weighted by Gasteiger charge is -2.19. The number of nitrogens with one attached hydrogen (secondary N) is 2. The molecule has 0 bridgehead atoms. The van der Waals surface area contributed by atoms with E-state index >= 15 is 0 Å². The fraction of sp³-hybridized carbons (Fsp3) is 0.433. The quantitative estimate of drug-likeness (QED) is 0.237. The van der Waals surface area contributed by atoms with Crippen LogP contribution in [0.4, 0.5) is 5.69 Å². The molecule has 2 heterocycles. The van der Waals surface area contributed by atoms with Crippen LogP contribution in [-0.4, -0.2) is 68.9 Å². The lowest BCUT2D eigenvalue weighted by atomic mass is 9.92. The number of nitrogens with zero attached hydrogens (tertiary/aromatic N) is 5. The average molecular weight is 627 g/mol. The number of hydrogen-bond donors (Lipinski definition) is 2. The van der Waals surface area contributed by atoms with Gasteiger partial charge in [-0.2, -0.15) is 4.68 Å². The van der Waals surface area contributed by atoms with E-state index in [1.54, 1.807) is 32.0 Å². The molecule has 2 amide bonds. The smallest absolute Gasteiger partial charge is 0.237 e. The normalized spacial score (nSPS) is 15.2. The van der Waals surface area contributed by atoms with E-state index < -0.39 is 5.41 Å². The van der Waals surface area contributed by atoms with Gasteiger partial charge in [-0.3, -0.25) is 9.59 Å². The molecule has 1 saturated carbocycles. The number of carbonyl (C=O) groups excluding carboxylic acids is 2. The van der Waals surface area contributed by atoms with Crippen molar-refractivity contribution in [1.82, 2.24) is 30.4 Å². The van der Waals surface area contributed by atoms with Crippen molar-refractivity contribution in [3.8, 4) is 17.5 Å². The molecular weight excluding hydrogens is 593 g/mol. The van der Waals surface area contributed by atoms with Gasteiger partial charge in [-0.05, 0) is 105 Å². The van der Waals surface area contributed by atoms with E-state index in [1.807, 2.05) is 18.2 Å². The first-order valence-electron chi connectivity index (χ1n) is 14.0. The molecule has 3 aromatic rings. The summed E-state index contributed by atoms with van der Waals surface area (Å²) in [5.74, 6) is 6.38. The molecular formula is C30H33Cl2N7O2S. The number of thioether (sulfide) groups is 1. The third kappa shape index (κ3) is 7.84. The zero-order valence-electron chi connectivity index (χ0n) is 23.6. The van der Waals surface area contributed by atoms with Crippen LogP contribution in [-0.2, 0) is 9.59 Å². The van der Waals surface area contributed by atoms with Crippen LogP contribution in [0.25, 0.3) is 5.69 Å². The van der Waals surface area contributed by atoms with Gasteiger partial charge in [0.15, 0.2) is 0 Å². The number of hydrogen-bond acceptors (Lipinski definition) is 7. The van der Waals surface area contributed by atoms with Crippen LogP contribution in [0.1, 0.15) is 56.6 Å². The largest absolute Gasteiger partial charge is 0.354 e. The Balaban J connectivity index is 1.13. The summed E-state index contributed by atoms with van der Waals surface area (Å²) in [7, 11) is 0. The van der Waals surface area contributed by atoms with Gasteiger partial charge in [-0.1, -0.05) is 52.9 Å². The Morgan fingerprint density at radius 2 is 1.88 bits per heavy atom. The van der Waals surface area contributed by atoms with Crippen LogP contribution < -0.4 is 10.6 Å². The second-order valence-electron chi connectivity index (χ2n) is 11.1. The first-order chi connectivity index (χ1) is 20.2. The number of rotatable bonds is 10. The molecule has 9 nitrogen and oxygen atoms in total. The van der Waals surface area contributed by atoms with Gasteiger partial charge in [0.2, 0.25) is 17.0 Å². The molecule has 0 radical (unpaired) electrons. The van der Waals surface area contributed by atoms with E-state index in [2.05, 4.69) is 42.9 Å². The highest BCUT2D eigenvalue weighted by atomic mass is 35.5. The average Bonchev–Trinajstić information content (AvgIpc) is 3.48. The molecule has 5 rings (SSSR count). The van der Waals surface area contributed by atoms with Crippen molar-refractivity contribution in [1.29, 1.82) is 0 Å². The standard InChI is InChI=1S/C30H33Cl2N7O2S/c1-30(2,28(41)33-13-16-38-14-3-4-15-38)12-11-20-5-9-25(23(31)17-20)34-27(40)19-42-29-35-36-37-39(29)26-10-8-22(18-24(26)32)21-6-7-21/h5,8-10,17-18,21H,3-4,6-7,13-16,19H2,1-2H3,(H,33,41)(H,34,40). The van der Waals surface area contributed by atoms with E-state index in [0.717, 1.165) is 19.6 Å². The van der Waals surface area contributed by atoms with Gasteiger partial charge in [-0.25, -0.2) is 0 Å². The number of aromatic nitrogens is 4. The second kappa shape index (κ2) is 13.5. The zero-order valence-corrected chi connectivity index (χ0v) is 26.0. The van der Waals surface area contributed by atoms with Gasteiger partial charge in [0.1, 0.15) is 5.41 Å². The van der Waals surface area contributed by atoms with Gasteiger partial charge in [0.25, 0.3) is 0 Å². The molecule has 1 aromatic heterocycles. The van der Waals surface area contributed by atoms with Crippen molar-refractivity contribution in [2.24, 2.45) is 5.41 Å². The van der Waals surface area contributed by atoms with Gasteiger partial charge >= 0.3 is 0 Å². The maximum Gasteiger partial charge on any atom is 0.237 e. The Morgan fingerprint density at radius 1 is 1.10 bits per heavy atom. The lowest BCUT2D eigenvalue weighted by Crippen LogP contribution is -2.40. The summed E-state index contributed by atoms with van der Waals surface area (Å²) in [4.78, 5) is 27.8. The van der Waals surface area contributed by atoms with Crippen LogP contribution in [0.5, 0.6) is 0 Å². The molecule has 0 spiro atoms. The van der Waals surface area contributed by atoms with Gasteiger partial charge < -0.3 is 15.5 Å². The third-order valence-corrected chi connectivity index (χ3v) is 8.80. The van der Waals surface area contributed by atoms with Crippen molar-refractivity contribution >= 4 is 52.5 Å². The van der Waals surface area contributed by atoms with E-state index in [4.69, 9.17) is 23.2 Å². The summed E-state index contributed by atoms with van der Waals surface area (Å²) in [6.07, 6.45) is 4.82. The lowest BCUT2D eigenvalue weighted by molar-refractivity contribution is -0.126. The molecule has 2 aliphatic rings. The molecule has 220 valence electrons. The maximum absolute atomic E-state index is 12.7. The number of amides is 2. The molecule has 1 aliphatic heterocycles. The molecule has 2 fully saturated rings. The van der Waals surface area contributed by atoms with E-state index in [9.17, 15) is 9.59 Å². The third-order valence-electron chi connectivity index (χ3n) is 7.26. The van der Waals surface area contributed by atoms with Crippen molar-refractivity contribution in [3.63, 3.8) is 0 Å². The molecule has 1 aliphatic carbocycles. The van der Waals surface area contributed by atoms with Crippen molar-refractivity contribution < 1.29 is 9.59 Å². The van der Waals surface area contributed by atoms with Crippen LogP contribution in [0.3, 0.4) is 0 Å². The van der Waals surface area contributed by atoms with E-state index in [0.29, 0.717) is 44.6 Å². The fourth-order valence-electron chi connectivity index (χ4n) is 4.64. The number of halogens is 2. The zero-order chi connectivity index (χ0) is 29.7. The van der Waals surface area contributed by atoms with Crippen LogP contribution in [0.15, 0.2) is 41.6 Å². The highest BCUT2D eigenvalue weighted by molar-refractivity contribution is 7.99. The summed E-state index contributed by atoms with van der Waals surface area (Å²) >= 11 is 14.2. The van der Waals surface area contributed by atoms with Gasteiger partial charge in [0, 0.05) is 18.7 Å². The maximum atomic E-state index is 12.7. The first-order valence-corrected chi connectivity index (χ1v) is 15.8. The fourth-order valence-corrected chi connectivity index (χ4v) is 5.82. The Labute approximate surface area is 260 Å². The summed E-state index contributed by atoms with van der Waals surface area (Å²) in [6.45, 7) is 7.26. The van der Waals surface area contributed by atoms with Gasteiger partial charge in [-0.15, -0.1) is 5.10 Å². The molecule has 12 heteroatoms. The number of likely N-dealkylation sites (tertiary alicyclic amines) is 1. The predicted octanol–water partition coefficient (Wildman–Crippen LogP) is 5.17. The molecule has 1 saturated heterocycles. The monoisotopic (exact) mass is 625 g/mol. The molecule has 0 unspecified atom stereocenters. The minimum Gasteiger partial charge on any atom is -0.354 e. The minimum atomic E-state index is -0.861. The Morgan fingerprint density at radius 3 is 2.60 bits per heavy atom. The Bertz CT molecular complexity index is 1520. The number of anilines is 1. The van der Waals surface area contributed by atoms with Crippen molar-refractivity contribution in [3.05, 3.63) is 57.6 Å². The number of tetrazole rings is 1. The number of benzene rings is 2. The predicted molar refractivity (Wildman–Crippen MR) is 166 cm³/mol. The molecule has 0 atom stereocenters. The molecule has 2 aromatic carbocycles. The Hall–Kier alpha value is -3.10. The number of carbonyl (C=O) groups is 2. The van der Waals surface area contributed by atoms with E-state index in [1.165, 1.54) is 47.7 Å². The minimum absolute atomic E-state index is 0.0666. The summed E-state index contributed by atoms with van der Waals surface area (Å²) in [5.41, 5.74) is 2.13. The topological polar surface area (TPSA) is 105 Å². The van der Waals surface area contributed by atoms with Crippen molar-refractivity contribution in [2.75, 3.05) is 37.2 Å². The van der Waals surface area contributed by atoms with Crippen LogP contribution >= 0.6 is 35.0 Å². The Kier molecular flexibility index (Phi) is 9.74. The summed E-state index contributed by atoms with van der Waals surface area (Å²) < 4.78 is 1.53.